The Morgan fingerprint density at radius 1 is 1.17 bits per heavy atom. The highest BCUT2D eigenvalue weighted by Crippen LogP contribution is 2.20. The molecule has 0 aromatic heterocycles. The van der Waals surface area contributed by atoms with Crippen LogP contribution in [0, 0.1) is 5.82 Å². The van der Waals surface area contributed by atoms with Crippen LogP contribution in [0.5, 0.6) is 0 Å². The maximum Gasteiger partial charge on any atom is 0.123 e. The van der Waals surface area contributed by atoms with E-state index in [1.807, 2.05) is 13.8 Å². The van der Waals surface area contributed by atoms with E-state index in [2.05, 4.69) is 26.1 Å². The molecule has 2 nitrogen and oxygen atoms in total. The lowest BCUT2D eigenvalue weighted by Gasteiger charge is -2.27. The van der Waals surface area contributed by atoms with E-state index in [1.54, 1.807) is 12.1 Å². The molecule has 1 aromatic carbocycles. The van der Waals surface area contributed by atoms with E-state index >= 15 is 0 Å². The predicted molar refractivity (Wildman–Crippen MR) is 73.1 cm³/mol. The number of nitrogens with one attached hydrogen (secondary N) is 1. The van der Waals surface area contributed by atoms with Gasteiger partial charge in [0.15, 0.2) is 0 Å². The van der Waals surface area contributed by atoms with Gasteiger partial charge in [-0.1, -0.05) is 12.1 Å². The van der Waals surface area contributed by atoms with Crippen molar-refractivity contribution >= 4 is 0 Å². The van der Waals surface area contributed by atoms with E-state index in [-0.39, 0.29) is 23.6 Å². The quantitative estimate of drug-likeness (QED) is 0.864. The molecule has 0 amide bonds. The Kier molecular flexibility index (Phi) is 5.29. The minimum absolute atomic E-state index is 0.0403. The molecular weight excluding hydrogens is 229 g/mol. The maximum atomic E-state index is 12.9. The van der Waals surface area contributed by atoms with Gasteiger partial charge in [-0.25, -0.2) is 4.39 Å². The first kappa shape index (κ1) is 15.1. The summed E-state index contributed by atoms with van der Waals surface area (Å²) in [5.41, 5.74) is 1.04. The Labute approximate surface area is 110 Å². The molecule has 0 fully saturated rings. The van der Waals surface area contributed by atoms with Gasteiger partial charge >= 0.3 is 0 Å². The average molecular weight is 253 g/mol. The van der Waals surface area contributed by atoms with Crippen molar-refractivity contribution in [3.8, 4) is 0 Å². The van der Waals surface area contributed by atoms with Gasteiger partial charge in [0.25, 0.3) is 0 Å². The second kappa shape index (κ2) is 6.30. The van der Waals surface area contributed by atoms with Crippen LogP contribution >= 0.6 is 0 Å². The summed E-state index contributed by atoms with van der Waals surface area (Å²) in [5, 5.41) is 3.42. The van der Waals surface area contributed by atoms with Gasteiger partial charge in [0.2, 0.25) is 0 Å². The van der Waals surface area contributed by atoms with E-state index in [9.17, 15) is 4.39 Å². The average Bonchev–Trinajstić information content (AvgIpc) is 2.24. The van der Waals surface area contributed by atoms with Crippen LogP contribution in [0.4, 0.5) is 4.39 Å². The van der Waals surface area contributed by atoms with Crippen LogP contribution in [0.25, 0.3) is 0 Å². The number of hydrogen-bond donors (Lipinski definition) is 1. The summed E-state index contributed by atoms with van der Waals surface area (Å²) >= 11 is 0. The van der Waals surface area contributed by atoms with Gasteiger partial charge in [0.05, 0.1) is 12.2 Å². The summed E-state index contributed by atoms with van der Waals surface area (Å²) in [6.07, 6.45) is 0.0895. The standard InChI is InChI=1S/C15H24FNO/c1-11(2)18-14(10-17-15(3,4)5)12-6-8-13(16)9-7-12/h6-9,11,14,17H,10H2,1-5H3. The van der Waals surface area contributed by atoms with Crippen molar-refractivity contribution in [3.63, 3.8) is 0 Å². The minimum Gasteiger partial charge on any atom is -0.370 e. The monoisotopic (exact) mass is 253 g/mol. The molecule has 0 bridgehead atoms. The molecule has 1 N–H and O–H groups in total. The lowest BCUT2D eigenvalue weighted by molar-refractivity contribution is 0.00402. The molecule has 1 unspecified atom stereocenters. The molecule has 0 aliphatic carbocycles. The summed E-state index contributed by atoms with van der Waals surface area (Å²) < 4.78 is 18.8. The molecule has 18 heavy (non-hydrogen) atoms. The summed E-state index contributed by atoms with van der Waals surface area (Å²) in [5.74, 6) is -0.217. The SMILES string of the molecule is CC(C)OC(CNC(C)(C)C)c1ccc(F)cc1. The summed E-state index contributed by atoms with van der Waals surface area (Å²) in [4.78, 5) is 0. The first-order valence-corrected chi connectivity index (χ1v) is 6.44. The molecule has 0 aliphatic heterocycles. The molecule has 0 heterocycles. The molecule has 0 radical (unpaired) electrons. The zero-order valence-electron chi connectivity index (χ0n) is 12.0. The first-order valence-electron chi connectivity index (χ1n) is 6.44. The number of rotatable bonds is 5. The van der Waals surface area contributed by atoms with Crippen LogP contribution in [-0.4, -0.2) is 18.2 Å². The molecule has 0 saturated heterocycles. The van der Waals surface area contributed by atoms with Crippen LogP contribution < -0.4 is 5.32 Å². The predicted octanol–water partition coefficient (Wildman–Crippen LogP) is 3.68. The van der Waals surface area contributed by atoms with Crippen molar-refractivity contribution in [2.75, 3.05) is 6.54 Å². The van der Waals surface area contributed by atoms with Crippen LogP contribution in [0.1, 0.15) is 46.3 Å². The third kappa shape index (κ3) is 5.61. The van der Waals surface area contributed by atoms with Crippen LogP contribution in [-0.2, 0) is 4.74 Å². The zero-order chi connectivity index (χ0) is 13.8. The van der Waals surface area contributed by atoms with Gasteiger partial charge < -0.3 is 10.1 Å². The molecule has 0 spiro atoms. The lowest BCUT2D eigenvalue weighted by Crippen LogP contribution is -2.39. The molecule has 1 atom stereocenters. The highest BCUT2D eigenvalue weighted by atomic mass is 19.1. The van der Waals surface area contributed by atoms with Crippen molar-refractivity contribution in [3.05, 3.63) is 35.6 Å². The third-order valence-corrected chi connectivity index (χ3v) is 2.50. The van der Waals surface area contributed by atoms with Crippen LogP contribution in [0.3, 0.4) is 0 Å². The fourth-order valence-corrected chi connectivity index (χ4v) is 1.65. The van der Waals surface area contributed by atoms with Gasteiger partial charge in [-0.05, 0) is 52.3 Å². The molecule has 1 rings (SSSR count). The lowest BCUT2D eigenvalue weighted by atomic mass is 10.1. The largest absolute Gasteiger partial charge is 0.370 e. The third-order valence-electron chi connectivity index (χ3n) is 2.50. The zero-order valence-corrected chi connectivity index (χ0v) is 12.0. The van der Waals surface area contributed by atoms with Crippen molar-refractivity contribution in [1.82, 2.24) is 5.32 Å². The highest BCUT2D eigenvalue weighted by Gasteiger charge is 2.17. The van der Waals surface area contributed by atoms with E-state index in [1.165, 1.54) is 12.1 Å². The fraction of sp³-hybridized carbons (Fsp3) is 0.600. The van der Waals surface area contributed by atoms with Crippen LogP contribution in [0.2, 0.25) is 0 Å². The second-order valence-corrected chi connectivity index (χ2v) is 5.86. The Balaban J connectivity index is 2.74. The topological polar surface area (TPSA) is 21.3 Å². The number of halogens is 1. The Bertz CT molecular complexity index is 354. The van der Waals surface area contributed by atoms with Gasteiger partial charge in [0.1, 0.15) is 5.82 Å². The maximum absolute atomic E-state index is 12.9. The van der Waals surface area contributed by atoms with E-state index in [0.717, 1.165) is 5.56 Å². The molecular formula is C15H24FNO. The molecule has 1 aromatic rings. The van der Waals surface area contributed by atoms with Crippen molar-refractivity contribution < 1.29 is 9.13 Å². The first-order chi connectivity index (χ1) is 8.28. The van der Waals surface area contributed by atoms with Gasteiger partial charge in [-0.3, -0.25) is 0 Å². The molecule has 0 aliphatic rings. The van der Waals surface area contributed by atoms with Crippen molar-refractivity contribution in [1.29, 1.82) is 0 Å². The minimum atomic E-state index is -0.217. The Morgan fingerprint density at radius 3 is 2.17 bits per heavy atom. The Hall–Kier alpha value is -0.930. The van der Waals surface area contributed by atoms with Crippen LogP contribution in [0.15, 0.2) is 24.3 Å². The fourth-order valence-electron chi connectivity index (χ4n) is 1.65. The number of ether oxygens (including phenoxy) is 1. The number of hydrogen-bond acceptors (Lipinski definition) is 2. The van der Waals surface area contributed by atoms with Gasteiger partial charge in [0, 0.05) is 12.1 Å². The summed E-state index contributed by atoms with van der Waals surface area (Å²) in [6.45, 7) is 11.1. The molecule has 102 valence electrons. The van der Waals surface area contributed by atoms with Gasteiger partial charge in [-0.15, -0.1) is 0 Å². The second-order valence-electron chi connectivity index (χ2n) is 5.86. The number of benzene rings is 1. The van der Waals surface area contributed by atoms with E-state index in [0.29, 0.717) is 6.54 Å². The highest BCUT2D eigenvalue weighted by molar-refractivity contribution is 5.19. The van der Waals surface area contributed by atoms with E-state index < -0.39 is 0 Å². The Morgan fingerprint density at radius 2 is 1.72 bits per heavy atom. The van der Waals surface area contributed by atoms with Gasteiger partial charge in [-0.2, -0.15) is 0 Å². The summed E-state index contributed by atoms with van der Waals surface area (Å²) in [7, 11) is 0. The van der Waals surface area contributed by atoms with E-state index in [4.69, 9.17) is 4.74 Å². The smallest absolute Gasteiger partial charge is 0.123 e. The molecule has 0 saturated carbocycles. The normalized spacial score (nSPS) is 13.9. The van der Waals surface area contributed by atoms with Crippen molar-refractivity contribution in [2.45, 2.75) is 52.4 Å². The molecule has 3 heteroatoms. The van der Waals surface area contributed by atoms with Crippen molar-refractivity contribution in [2.24, 2.45) is 0 Å². The summed E-state index contributed by atoms with van der Waals surface area (Å²) in [6, 6.07) is 6.52.